The summed E-state index contributed by atoms with van der Waals surface area (Å²) in [5, 5.41) is 11.5. The fourth-order valence-corrected chi connectivity index (χ4v) is 4.66. The van der Waals surface area contributed by atoms with Crippen LogP contribution >= 0.6 is 11.6 Å². The molecule has 1 aliphatic rings. The second-order valence-electron chi connectivity index (χ2n) is 9.31. The largest absolute Gasteiger partial charge is 0.493 e. The van der Waals surface area contributed by atoms with Crippen molar-refractivity contribution in [3.05, 3.63) is 76.1 Å². The number of pyridine rings is 1. The molecule has 12 heteroatoms. The summed E-state index contributed by atoms with van der Waals surface area (Å²) < 4.78 is 62.0. The Morgan fingerprint density at radius 3 is 2.62 bits per heavy atom. The number of carbonyl (C=O) groups excluding carboxylic acids is 1. The van der Waals surface area contributed by atoms with Gasteiger partial charge in [0.15, 0.2) is 0 Å². The lowest BCUT2D eigenvalue weighted by molar-refractivity contribution is -0.139. The first-order valence-electron chi connectivity index (χ1n) is 12.4. The van der Waals surface area contributed by atoms with Crippen LogP contribution in [0.1, 0.15) is 59.4 Å². The van der Waals surface area contributed by atoms with Crippen LogP contribution in [0.5, 0.6) is 5.75 Å². The highest BCUT2D eigenvalue weighted by atomic mass is 35.5. The van der Waals surface area contributed by atoms with Crippen molar-refractivity contribution < 1.29 is 37.0 Å². The number of anilines is 1. The number of rotatable bonds is 11. The molecule has 39 heavy (non-hydrogen) atoms. The number of benzene rings is 1. The molecule has 1 aliphatic carbocycles. The fraction of sp³-hybridized carbons (Fsp3) is 0.370. The molecule has 0 spiro atoms. The van der Waals surface area contributed by atoms with E-state index in [4.69, 9.17) is 16.3 Å². The third-order valence-electron chi connectivity index (χ3n) is 6.54. The lowest BCUT2D eigenvalue weighted by atomic mass is 10.0. The van der Waals surface area contributed by atoms with Gasteiger partial charge in [-0.1, -0.05) is 31.0 Å². The number of halogens is 5. The zero-order chi connectivity index (χ0) is 28.3. The Morgan fingerprint density at radius 2 is 1.97 bits per heavy atom. The second kappa shape index (κ2) is 11.6. The maximum Gasteiger partial charge on any atom is 0.418 e. The van der Waals surface area contributed by atoms with Crippen LogP contribution in [0.2, 0.25) is 5.15 Å². The van der Waals surface area contributed by atoms with E-state index in [2.05, 4.69) is 10.3 Å². The van der Waals surface area contributed by atoms with Gasteiger partial charge >= 0.3 is 12.1 Å². The van der Waals surface area contributed by atoms with Gasteiger partial charge in [-0.3, -0.25) is 9.59 Å². The van der Waals surface area contributed by atoms with Crippen molar-refractivity contribution >= 4 is 29.2 Å². The van der Waals surface area contributed by atoms with Gasteiger partial charge in [0.2, 0.25) is 5.95 Å². The molecule has 1 aromatic carbocycles. The molecular formula is C27H26ClF4N3O4. The molecule has 2 atom stereocenters. The number of hydrogen-bond donors (Lipinski definition) is 2. The zero-order valence-corrected chi connectivity index (χ0v) is 21.7. The first kappa shape index (κ1) is 28.4. The number of carbonyl (C=O) groups is 2. The van der Waals surface area contributed by atoms with E-state index in [0.29, 0.717) is 30.6 Å². The van der Waals surface area contributed by atoms with Crippen molar-refractivity contribution in [2.75, 3.05) is 11.9 Å². The van der Waals surface area contributed by atoms with Crippen molar-refractivity contribution in [2.24, 2.45) is 5.92 Å². The topological polar surface area (TPSA) is 93.5 Å². The van der Waals surface area contributed by atoms with Crippen LogP contribution in [0, 0.1) is 11.9 Å². The highest BCUT2D eigenvalue weighted by Crippen LogP contribution is 2.49. The Kier molecular flexibility index (Phi) is 8.48. The van der Waals surface area contributed by atoms with Gasteiger partial charge in [0.05, 0.1) is 23.8 Å². The molecule has 1 fully saturated rings. The summed E-state index contributed by atoms with van der Waals surface area (Å²) in [5.74, 6) is -3.38. The maximum absolute atomic E-state index is 13.7. The lowest BCUT2D eigenvalue weighted by Gasteiger charge is -2.17. The Morgan fingerprint density at radius 1 is 1.21 bits per heavy atom. The monoisotopic (exact) mass is 567 g/mol. The smallest absolute Gasteiger partial charge is 0.418 e. The van der Waals surface area contributed by atoms with Gasteiger partial charge in [0.1, 0.15) is 16.6 Å². The molecule has 0 unspecified atom stereocenters. The van der Waals surface area contributed by atoms with Crippen LogP contribution in [0.3, 0.4) is 0 Å². The van der Waals surface area contributed by atoms with Gasteiger partial charge in [-0.25, -0.2) is 4.98 Å². The summed E-state index contributed by atoms with van der Waals surface area (Å²) in [4.78, 5) is 27.9. The maximum atomic E-state index is 13.7. The highest BCUT2D eigenvalue weighted by Gasteiger charge is 2.45. The van der Waals surface area contributed by atoms with Gasteiger partial charge in [-0.05, 0) is 48.6 Å². The van der Waals surface area contributed by atoms with E-state index in [0.717, 1.165) is 25.0 Å². The van der Waals surface area contributed by atoms with Gasteiger partial charge < -0.3 is 19.7 Å². The van der Waals surface area contributed by atoms with E-state index in [1.54, 1.807) is 10.6 Å². The van der Waals surface area contributed by atoms with Crippen LogP contribution in [-0.2, 0) is 23.9 Å². The molecule has 2 aromatic heterocycles. The fourth-order valence-electron chi connectivity index (χ4n) is 4.47. The SMILES string of the molecule is CCCCn1c(CCOc2cc(F)nc(Cl)c2)ccc1C(=O)Nc1cc([C@H]2C[C@H]2C(=O)O)ccc1C(F)(F)F. The lowest BCUT2D eigenvalue weighted by Crippen LogP contribution is -2.21. The van der Waals surface area contributed by atoms with Crippen molar-refractivity contribution in [3.63, 3.8) is 0 Å². The summed E-state index contributed by atoms with van der Waals surface area (Å²) in [5.41, 5.74) is -0.134. The summed E-state index contributed by atoms with van der Waals surface area (Å²) in [7, 11) is 0. The Hall–Kier alpha value is -3.60. The Bertz CT molecular complexity index is 1360. The molecule has 3 aromatic rings. The van der Waals surface area contributed by atoms with Gasteiger partial charge in [-0.15, -0.1) is 0 Å². The van der Waals surface area contributed by atoms with Gasteiger partial charge in [-0.2, -0.15) is 17.6 Å². The minimum atomic E-state index is -4.72. The molecule has 2 heterocycles. The third-order valence-corrected chi connectivity index (χ3v) is 6.73. The number of unbranched alkanes of at least 4 members (excludes halogenated alkanes) is 1. The van der Waals surface area contributed by atoms with Crippen molar-refractivity contribution in [1.29, 1.82) is 0 Å². The quantitative estimate of drug-likeness (QED) is 0.202. The molecule has 208 valence electrons. The number of carboxylic acids is 1. The zero-order valence-electron chi connectivity index (χ0n) is 20.9. The predicted molar refractivity (Wildman–Crippen MR) is 136 cm³/mol. The van der Waals surface area contributed by atoms with Crippen molar-refractivity contribution in [3.8, 4) is 5.75 Å². The van der Waals surface area contributed by atoms with Crippen LogP contribution in [0.15, 0.2) is 42.5 Å². The average molecular weight is 568 g/mol. The van der Waals surface area contributed by atoms with Crippen LogP contribution in [-0.4, -0.2) is 33.1 Å². The summed E-state index contributed by atoms with van der Waals surface area (Å²) in [6, 6.07) is 9.02. The van der Waals surface area contributed by atoms with Crippen molar-refractivity contribution in [1.82, 2.24) is 9.55 Å². The van der Waals surface area contributed by atoms with Gasteiger partial charge in [0.25, 0.3) is 5.91 Å². The minimum Gasteiger partial charge on any atom is -0.493 e. The van der Waals surface area contributed by atoms with E-state index in [9.17, 15) is 32.3 Å². The molecular weight excluding hydrogens is 542 g/mol. The molecule has 0 aliphatic heterocycles. The van der Waals surface area contributed by atoms with E-state index in [-0.39, 0.29) is 23.2 Å². The van der Waals surface area contributed by atoms with Crippen LogP contribution < -0.4 is 10.1 Å². The number of carboxylic acid groups (broad SMARTS) is 1. The molecule has 1 amide bonds. The van der Waals surface area contributed by atoms with Crippen LogP contribution in [0.25, 0.3) is 0 Å². The van der Waals surface area contributed by atoms with E-state index in [1.807, 2.05) is 6.92 Å². The van der Waals surface area contributed by atoms with E-state index in [1.165, 1.54) is 24.3 Å². The first-order valence-corrected chi connectivity index (χ1v) is 12.7. The Balaban J connectivity index is 1.55. The number of aliphatic carboxylic acids is 1. The highest BCUT2D eigenvalue weighted by molar-refractivity contribution is 6.29. The predicted octanol–water partition coefficient (Wildman–Crippen LogP) is 6.56. The summed E-state index contributed by atoms with van der Waals surface area (Å²) >= 11 is 5.75. The molecule has 2 N–H and O–H groups in total. The molecule has 4 rings (SSSR count). The number of nitrogens with zero attached hydrogens (tertiary/aromatic N) is 2. The minimum absolute atomic E-state index is 0.0576. The average Bonchev–Trinajstić information content (AvgIpc) is 3.56. The molecule has 7 nitrogen and oxygen atoms in total. The molecule has 0 radical (unpaired) electrons. The summed E-state index contributed by atoms with van der Waals surface area (Å²) in [6.45, 7) is 2.55. The number of alkyl halides is 3. The van der Waals surface area contributed by atoms with E-state index >= 15 is 0 Å². The van der Waals surface area contributed by atoms with Crippen molar-refractivity contribution in [2.45, 2.75) is 51.2 Å². The third kappa shape index (κ3) is 6.89. The molecule has 1 saturated carbocycles. The van der Waals surface area contributed by atoms with E-state index < -0.39 is 47.1 Å². The number of nitrogens with one attached hydrogen (secondary N) is 1. The number of amides is 1. The molecule has 0 bridgehead atoms. The second-order valence-corrected chi connectivity index (χ2v) is 9.69. The summed E-state index contributed by atoms with van der Waals surface area (Å²) in [6.07, 6.45) is -2.53. The Labute approximate surface area is 226 Å². The van der Waals surface area contributed by atoms with Gasteiger partial charge in [0, 0.05) is 30.8 Å². The number of aromatic nitrogens is 2. The normalized spacial score (nSPS) is 16.7. The molecule has 0 saturated heterocycles. The van der Waals surface area contributed by atoms with Crippen LogP contribution in [0.4, 0.5) is 23.2 Å². The first-order chi connectivity index (χ1) is 18.5. The standard InChI is InChI=1S/C27H26ClF4N3O4/c1-2-3-9-35-16(8-10-39-17-12-23(28)34-24(29)13-17)5-7-22(35)25(36)33-21-11-15(18-14-19(18)26(37)38)4-6-20(21)27(30,31)32/h4-7,11-13,18-19H,2-3,8-10,14H2,1H3,(H,33,36)(H,37,38)/t18-,19-/m1/s1. The number of hydrogen-bond acceptors (Lipinski definition) is 4. The number of ether oxygens (including phenoxy) is 1.